The summed E-state index contributed by atoms with van der Waals surface area (Å²) in [4.78, 5) is 24.5. The number of benzene rings is 2. The number of rotatable bonds is 6. The van der Waals surface area contributed by atoms with Crippen LogP contribution in [0, 0.1) is 6.92 Å². The largest absolute Gasteiger partial charge is 0.484 e. The second-order valence-corrected chi connectivity index (χ2v) is 6.64. The first-order valence-electron chi connectivity index (χ1n) is 9.15. The summed E-state index contributed by atoms with van der Waals surface area (Å²) in [7, 11) is 0. The van der Waals surface area contributed by atoms with Crippen LogP contribution in [0.1, 0.15) is 11.3 Å². The van der Waals surface area contributed by atoms with Crippen LogP contribution in [-0.4, -0.2) is 12.5 Å². The fourth-order valence-electron chi connectivity index (χ4n) is 2.88. The molecule has 0 radical (unpaired) electrons. The van der Waals surface area contributed by atoms with Gasteiger partial charge in [-0.3, -0.25) is 9.59 Å². The summed E-state index contributed by atoms with van der Waals surface area (Å²) in [5, 5.41) is 3.09. The first kappa shape index (κ1) is 18.6. The Morgan fingerprint density at radius 3 is 2.66 bits per heavy atom. The Balaban J connectivity index is 1.47. The lowest BCUT2D eigenvalue weighted by atomic mass is 10.1. The Hall–Kier alpha value is -3.80. The van der Waals surface area contributed by atoms with Gasteiger partial charge in [0.15, 0.2) is 12.0 Å². The molecule has 0 unspecified atom stereocenters. The lowest BCUT2D eigenvalue weighted by Crippen LogP contribution is -2.28. The van der Waals surface area contributed by atoms with E-state index < -0.39 is 0 Å². The van der Waals surface area contributed by atoms with Crippen molar-refractivity contribution in [1.29, 1.82) is 0 Å². The number of carbonyl (C=O) groups excluding carboxylic acids is 1. The molecule has 4 aromatic rings. The zero-order valence-corrected chi connectivity index (χ0v) is 15.8. The maximum absolute atomic E-state index is 12.6. The maximum atomic E-state index is 12.6. The average molecular weight is 389 g/mol. The van der Waals surface area contributed by atoms with E-state index in [2.05, 4.69) is 5.32 Å². The summed E-state index contributed by atoms with van der Waals surface area (Å²) in [5.74, 6) is 1.30. The van der Waals surface area contributed by atoms with Gasteiger partial charge >= 0.3 is 0 Å². The molecule has 0 aliphatic carbocycles. The number of ether oxygens (including phenoxy) is 1. The average Bonchev–Trinajstić information content (AvgIpc) is 3.25. The van der Waals surface area contributed by atoms with Gasteiger partial charge in [-0.2, -0.15) is 0 Å². The molecule has 2 aromatic heterocycles. The van der Waals surface area contributed by atoms with Gasteiger partial charge < -0.3 is 18.9 Å². The van der Waals surface area contributed by atoms with Crippen molar-refractivity contribution in [3.8, 4) is 17.1 Å². The topological polar surface area (TPSA) is 81.7 Å². The van der Waals surface area contributed by atoms with Gasteiger partial charge in [0.25, 0.3) is 5.91 Å². The van der Waals surface area contributed by atoms with Crippen molar-refractivity contribution in [2.75, 3.05) is 6.61 Å². The molecular formula is C23H19NO5. The third-order valence-corrected chi connectivity index (χ3v) is 4.44. The standard InChI is InChI=1S/C23H19NO5/c1-15-4-6-16(7-5-15)22-12-20(25)19-11-17(8-9-21(19)29-22)28-14-23(26)24-13-18-3-2-10-27-18/h2-12H,13-14H2,1H3,(H,24,26). The second-order valence-electron chi connectivity index (χ2n) is 6.64. The number of amides is 1. The van der Waals surface area contributed by atoms with Crippen LogP contribution >= 0.6 is 0 Å². The SMILES string of the molecule is Cc1ccc(-c2cc(=O)c3cc(OCC(=O)NCc4ccco4)ccc3o2)cc1. The zero-order valence-electron chi connectivity index (χ0n) is 15.8. The molecule has 0 aliphatic rings. The van der Waals surface area contributed by atoms with Crippen molar-refractivity contribution in [3.63, 3.8) is 0 Å². The molecule has 4 rings (SSSR count). The first-order chi connectivity index (χ1) is 14.1. The summed E-state index contributed by atoms with van der Waals surface area (Å²) in [5.41, 5.74) is 2.26. The van der Waals surface area contributed by atoms with Crippen molar-refractivity contribution >= 4 is 16.9 Å². The molecule has 1 amide bonds. The minimum atomic E-state index is -0.289. The van der Waals surface area contributed by atoms with E-state index in [1.54, 1.807) is 36.6 Å². The monoisotopic (exact) mass is 389 g/mol. The molecule has 0 bridgehead atoms. The van der Waals surface area contributed by atoms with E-state index in [1.165, 1.54) is 6.07 Å². The molecule has 6 nitrogen and oxygen atoms in total. The number of furan rings is 1. The Kier molecular flexibility index (Phi) is 5.16. The molecule has 29 heavy (non-hydrogen) atoms. The predicted molar refractivity (Wildman–Crippen MR) is 109 cm³/mol. The first-order valence-corrected chi connectivity index (χ1v) is 9.15. The molecule has 0 saturated heterocycles. The van der Waals surface area contributed by atoms with Crippen molar-refractivity contribution < 1.29 is 18.4 Å². The number of aryl methyl sites for hydroxylation is 1. The number of carbonyl (C=O) groups is 1. The molecule has 1 N–H and O–H groups in total. The van der Waals surface area contributed by atoms with Crippen LogP contribution in [0.5, 0.6) is 5.75 Å². The third kappa shape index (κ3) is 4.38. The molecule has 0 atom stereocenters. The number of hydrogen-bond donors (Lipinski definition) is 1. The third-order valence-electron chi connectivity index (χ3n) is 4.44. The minimum absolute atomic E-state index is 0.168. The zero-order chi connectivity index (χ0) is 20.2. The minimum Gasteiger partial charge on any atom is -0.484 e. The molecule has 0 saturated carbocycles. The number of nitrogens with one attached hydrogen (secondary N) is 1. The van der Waals surface area contributed by atoms with Crippen LogP contribution in [0.4, 0.5) is 0 Å². The predicted octanol–water partition coefficient (Wildman–Crippen LogP) is 4.06. The van der Waals surface area contributed by atoms with Crippen LogP contribution in [0.15, 0.2) is 80.6 Å². The second kappa shape index (κ2) is 8.06. The van der Waals surface area contributed by atoms with E-state index in [1.807, 2.05) is 31.2 Å². The van der Waals surface area contributed by atoms with Crippen LogP contribution in [0.2, 0.25) is 0 Å². The Morgan fingerprint density at radius 2 is 1.90 bits per heavy atom. The van der Waals surface area contributed by atoms with Crippen molar-refractivity contribution in [2.45, 2.75) is 13.5 Å². The summed E-state index contributed by atoms with van der Waals surface area (Å²) in [6, 6.07) is 17.7. The normalized spacial score (nSPS) is 10.8. The van der Waals surface area contributed by atoms with E-state index >= 15 is 0 Å². The van der Waals surface area contributed by atoms with Gasteiger partial charge in [-0.25, -0.2) is 0 Å². The summed E-state index contributed by atoms with van der Waals surface area (Å²) >= 11 is 0. The molecule has 146 valence electrons. The van der Waals surface area contributed by atoms with E-state index in [0.29, 0.717) is 28.2 Å². The van der Waals surface area contributed by atoms with Gasteiger partial charge in [0.05, 0.1) is 18.2 Å². The molecule has 0 aliphatic heterocycles. The highest BCUT2D eigenvalue weighted by molar-refractivity contribution is 5.81. The van der Waals surface area contributed by atoms with Gasteiger partial charge in [-0.15, -0.1) is 0 Å². The van der Waals surface area contributed by atoms with Gasteiger partial charge in [0, 0.05) is 11.6 Å². The van der Waals surface area contributed by atoms with Gasteiger partial charge in [-0.05, 0) is 37.3 Å². The molecule has 0 spiro atoms. The van der Waals surface area contributed by atoms with Gasteiger partial charge in [0.1, 0.15) is 22.9 Å². The highest BCUT2D eigenvalue weighted by Gasteiger charge is 2.10. The number of fused-ring (bicyclic) bond motifs is 1. The van der Waals surface area contributed by atoms with Crippen molar-refractivity contribution in [2.24, 2.45) is 0 Å². The van der Waals surface area contributed by atoms with Crippen LogP contribution in [0.3, 0.4) is 0 Å². The highest BCUT2D eigenvalue weighted by atomic mass is 16.5. The molecule has 2 heterocycles. The highest BCUT2D eigenvalue weighted by Crippen LogP contribution is 2.25. The summed E-state index contributed by atoms with van der Waals surface area (Å²) in [6.45, 7) is 2.12. The van der Waals surface area contributed by atoms with Crippen LogP contribution in [-0.2, 0) is 11.3 Å². The lowest BCUT2D eigenvalue weighted by molar-refractivity contribution is -0.123. The summed E-state index contributed by atoms with van der Waals surface area (Å²) in [6.07, 6.45) is 1.54. The Morgan fingerprint density at radius 1 is 1.07 bits per heavy atom. The molecule has 2 aromatic carbocycles. The van der Waals surface area contributed by atoms with E-state index in [0.717, 1.165) is 11.1 Å². The summed E-state index contributed by atoms with van der Waals surface area (Å²) < 4.78 is 16.5. The van der Waals surface area contributed by atoms with E-state index in [9.17, 15) is 9.59 Å². The fraction of sp³-hybridized carbons (Fsp3) is 0.130. The Bertz CT molecular complexity index is 1190. The van der Waals surface area contributed by atoms with E-state index in [-0.39, 0.29) is 24.5 Å². The Labute approximate surface area is 166 Å². The molecule has 6 heteroatoms. The van der Waals surface area contributed by atoms with Crippen molar-refractivity contribution in [1.82, 2.24) is 5.32 Å². The number of hydrogen-bond acceptors (Lipinski definition) is 5. The van der Waals surface area contributed by atoms with E-state index in [4.69, 9.17) is 13.6 Å². The maximum Gasteiger partial charge on any atom is 0.258 e. The van der Waals surface area contributed by atoms with Crippen LogP contribution in [0.25, 0.3) is 22.3 Å². The molecular weight excluding hydrogens is 370 g/mol. The van der Waals surface area contributed by atoms with Gasteiger partial charge in [0.2, 0.25) is 0 Å². The fourth-order valence-corrected chi connectivity index (χ4v) is 2.88. The molecule has 0 fully saturated rings. The smallest absolute Gasteiger partial charge is 0.258 e. The lowest BCUT2D eigenvalue weighted by Gasteiger charge is -2.08. The van der Waals surface area contributed by atoms with Gasteiger partial charge in [-0.1, -0.05) is 29.8 Å². The van der Waals surface area contributed by atoms with Crippen molar-refractivity contribution in [3.05, 3.63) is 88.5 Å². The quantitative estimate of drug-likeness (QED) is 0.538. The van der Waals surface area contributed by atoms with Crippen LogP contribution < -0.4 is 15.5 Å².